The van der Waals surface area contributed by atoms with Gasteiger partial charge in [-0.15, -0.1) is 0 Å². The molecule has 0 aliphatic rings. The molecule has 0 radical (unpaired) electrons. The molecule has 0 aliphatic heterocycles. The Hall–Kier alpha value is -1.22. The van der Waals surface area contributed by atoms with E-state index in [0.29, 0.717) is 5.02 Å². The molecule has 0 amide bonds. The van der Waals surface area contributed by atoms with Crippen LogP contribution in [0.1, 0.15) is 11.1 Å². The number of hydrogen-bond acceptors (Lipinski definition) is 2. The Morgan fingerprint density at radius 3 is 2.16 bits per heavy atom. The van der Waals surface area contributed by atoms with Crippen LogP contribution in [0.4, 0.5) is 0 Å². The zero-order chi connectivity index (χ0) is 13.8. The molecule has 1 N–H and O–H groups in total. The molecule has 0 unspecified atom stereocenters. The Balaban J connectivity index is 1.98. The maximum Gasteiger partial charge on any atom is 0.134 e. The van der Waals surface area contributed by atoms with E-state index in [1.54, 1.807) is 12.1 Å². The van der Waals surface area contributed by atoms with Gasteiger partial charge in [0.15, 0.2) is 0 Å². The highest BCUT2D eigenvalue weighted by atomic mass is 35.5. The van der Waals surface area contributed by atoms with Gasteiger partial charge in [0.1, 0.15) is 5.75 Å². The van der Waals surface area contributed by atoms with Gasteiger partial charge >= 0.3 is 0 Å². The molecule has 2 nitrogen and oxygen atoms in total. The zero-order valence-corrected chi connectivity index (χ0v) is 12.1. The summed E-state index contributed by atoms with van der Waals surface area (Å²) in [6.07, 6.45) is 0. The number of benzene rings is 2. The van der Waals surface area contributed by atoms with Crippen molar-refractivity contribution in [3.8, 4) is 5.75 Å². The van der Waals surface area contributed by atoms with Crippen LogP contribution in [0.3, 0.4) is 0 Å². The molecule has 0 fully saturated rings. The summed E-state index contributed by atoms with van der Waals surface area (Å²) < 4.78 is 0. The first kappa shape index (κ1) is 14.2. The monoisotopic (exact) mass is 295 g/mol. The average Bonchev–Trinajstić information content (AvgIpc) is 2.37. The normalized spacial score (nSPS) is 10.9. The lowest BCUT2D eigenvalue weighted by Gasteiger charge is -2.17. The minimum Gasteiger partial charge on any atom is -0.506 e. The van der Waals surface area contributed by atoms with Gasteiger partial charge in [-0.2, -0.15) is 0 Å². The van der Waals surface area contributed by atoms with Crippen molar-refractivity contribution in [2.75, 3.05) is 7.05 Å². The Morgan fingerprint density at radius 2 is 1.53 bits per heavy atom. The van der Waals surface area contributed by atoms with E-state index in [1.165, 1.54) is 5.56 Å². The summed E-state index contributed by atoms with van der Waals surface area (Å²) in [6, 6.07) is 13.1. The van der Waals surface area contributed by atoms with E-state index in [0.717, 1.165) is 23.7 Å². The first-order valence-corrected chi connectivity index (χ1v) is 6.70. The van der Waals surface area contributed by atoms with Crippen molar-refractivity contribution in [1.29, 1.82) is 0 Å². The molecular weight excluding hydrogens is 281 g/mol. The summed E-state index contributed by atoms with van der Waals surface area (Å²) in [5.41, 5.74) is 2.27. The number of hydrogen-bond donors (Lipinski definition) is 1. The van der Waals surface area contributed by atoms with Crippen molar-refractivity contribution in [3.63, 3.8) is 0 Å². The van der Waals surface area contributed by atoms with Gasteiger partial charge in [0.2, 0.25) is 0 Å². The SMILES string of the molecule is CN(Cc1ccc(Cl)cc1)Cc1ccc(O)c(Cl)c1. The van der Waals surface area contributed by atoms with Crippen molar-refractivity contribution in [2.45, 2.75) is 13.1 Å². The van der Waals surface area contributed by atoms with Crippen LogP contribution in [-0.4, -0.2) is 17.1 Å². The number of aromatic hydroxyl groups is 1. The standard InChI is InChI=1S/C15H15Cl2NO/c1-18(9-11-2-5-13(16)6-3-11)10-12-4-7-15(19)14(17)8-12/h2-8,19H,9-10H2,1H3. The molecule has 0 aromatic heterocycles. The highest BCUT2D eigenvalue weighted by molar-refractivity contribution is 6.32. The molecule has 2 rings (SSSR count). The first-order valence-electron chi connectivity index (χ1n) is 5.95. The summed E-state index contributed by atoms with van der Waals surface area (Å²) in [7, 11) is 2.04. The molecular formula is C15H15Cl2NO. The van der Waals surface area contributed by atoms with E-state index >= 15 is 0 Å². The molecule has 4 heteroatoms. The van der Waals surface area contributed by atoms with E-state index in [4.69, 9.17) is 23.2 Å². The van der Waals surface area contributed by atoms with E-state index in [9.17, 15) is 5.11 Å². The summed E-state index contributed by atoms with van der Waals surface area (Å²) in [6.45, 7) is 1.60. The van der Waals surface area contributed by atoms with Gasteiger partial charge in [-0.1, -0.05) is 41.4 Å². The molecule has 19 heavy (non-hydrogen) atoms. The Bertz CT molecular complexity index is 555. The quantitative estimate of drug-likeness (QED) is 0.907. The summed E-state index contributed by atoms with van der Waals surface area (Å²) in [5.74, 6) is 0.116. The molecule has 0 spiro atoms. The zero-order valence-electron chi connectivity index (χ0n) is 10.6. The maximum absolute atomic E-state index is 9.38. The van der Waals surface area contributed by atoms with Gasteiger partial charge in [0, 0.05) is 18.1 Å². The van der Waals surface area contributed by atoms with Crippen molar-refractivity contribution >= 4 is 23.2 Å². The summed E-state index contributed by atoms with van der Waals surface area (Å²) in [5, 5.41) is 10.5. The Labute approximate surface area is 123 Å². The van der Waals surface area contributed by atoms with Crippen LogP contribution in [-0.2, 0) is 13.1 Å². The fourth-order valence-corrected chi connectivity index (χ4v) is 2.25. The molecule has 0 saturated carbocycles. The summed E-state index contributed by atoms with van der Waals surface area (Å²) >= 11 is 11.7. The highest BCUT2D eigenvalue weighted by Crippen LogP contribution is 2.24. The lowest BCUT2D eigenvalue weighted by atomic mass is 10.2. The molecule has 0 saturated heterocycles. The summed E-state index contributed by atoms with van der Waals surface area (Å²) in [4.78, 5) is 2.17. The van der Waals surface area contributed by atoms with Gasteiger partial charge in [0.25, 0.3) is 0 Å². The third kappa shape index (κ3) is 4.13. The van der Waals surface area contributed by atoms with Gasteiger partial charge < -0.3 is 5.11 Å². The highest BCUT2D eigenvalue weighted by Gasteiger charge is 2.04. The topological polar surface area (TPSA) is 23.5 Å². The second-order valence-electron chi connectivity index (χ2n) is 4.58. The Morgan fingerprint density at radius 1 is 0.947 bits per heavy atom. The van der Waals surface area contributed by atoms with Crippen LogP contribution in [0.5, 0.6) is 5.75 Å². The van der Waals surface area contributed by atoms with Gasteiger partial charge in [0.05, 0.1) is 5.02 Å². The molecule has 100 valence electrons. The largest absolute Gasteiger partial charge is 0.506 e. The second-order valence-corrected chi connectivity index (χ2v) is 5.43. The third-order valence-corrected chi connectivity index (χ3v) is 3.39. The van der Waals surface area contributed by atoms with Crippen LogP contribution < -0.4 is 0 Å². The predicted molar refractivity (Wildman–Crippen MR) is 79.7 cm³/mol. The molecule has 2 aromatic rings. The van der Waals surface area contributed by atoms with Crippen molar-refractivity contribution in [3.05, 3.63) is 63.6 Å². The van der Waals surface area contributed by atoms with Gasteiger partial charge in [-0.3, -0.25) is 4.90 Å². The number of phenols is 1. The molecule has 0 heterocycles. The first-order chi connectivity index (χ1) is 9.04. The van der Waals surface area contributed by atoms with Crippen LogP contribution >= 0.6 is 23.2 Å². The van der Waals surface area contributed by atoms with Crippen LogP contribution in [0, 0.1) is 0 Å². The number of phenolic OH excluding ortho intramolecular Hbond substituents is 1. The minimum absolute atomic E-state index is 0.116. The average molecular weight is 296 g/mol. The molecule has 0 atom stereocenters. The number of rotatable bonds is 4. The third-order valence-electron chi connectivity index (χ3n) is 2.83. The minimum atomic E-state index is 0.116. The Kier molecular flexibility index (Phi) is 4.70. The smallest absolute Gasteiger partial charge is 0.134 e. The van der Waals surface area contributed by atoms with E-state index < -0.39 is 0 Å². The fourth-order valence-electron chi connectivity index (χ4n) is 1.92. The molecule has 2 aromatic carbocycles. The molecule has 0 aliphatic carbocycles. The van der Waals surface area contributed by atoms with Crippen LogP contribution in [0.15, 0.2) is 42.5 Å². The lowest BCUT2D eigenvalue weighted by molar-refractivity contribution is 0.319. The van der Waals surface area contributed by atoms with Crippen molar-refractivity contribution in [2.24, 2.45) is 0 Å². The van der Waals surface area contributed by atoms with Gasteiger partial charge in [-0.05, 0) is 42.4 Å². The van der Waals surface area contributed by atoms with Crippen molar-refractivity contribution < 1.29 is 5.11 Å². The predicted octanol–water partition coefficient (Wildman–Crippen LogP) is 4.33. The van der Waals surface area contributed by atoms with E-state index in [1.807, 2.05) is 37.4 Å². The van der Waals surface area contributed by atoms with E-state index in [-0.39, 0.29) is 5.75 Å². The second kappa shape index (κ2) is 6.29. The molecule has 0 bridgehead atoms. The fraction of sp³-hybridized carbons (Fsp3) is 0.200. The van der Waals surface area contributed by atoms with Crippen LogP contribution in [0.25, 0.3) is 0 Å². The lowest BCUT2D eigenvalue weighted by Crippen LogP contribution is -2.17. The maximum atomic E-state index is 9.38. The van der Waals surface area contributed by atoms with Crippen LogP contribution in [0.2, 0.25) is 10.0 Å². The van der Waals surface area contributed by atoms with E-state index in [2.05, 4.69) is 4.90 Å². The number of nitrogens with zero attached hydrogens (tertiary/aromatic N) is 1. The number of halogens is 2. The van der Waals surface area contributed by atoms with Crippen molar-refractivity contribution in [1.82, 2.24) is 4.90 Å². The van der Waals surface area contributed by atoms with Gasteiger partial charge in [-0.25, -0.2) is 0 Å².